The zero-order chi connectivity index (χ0) is 28.2. The Bertz CT molecular complexity index is 1610. The number of carbonyl (C=O) groups is 3. The number of nitrogens with two attached hydrogens (primary N) is 2. The fourth-order valence-electron chi connectivity index (χ4n) is 4.94. The van der Waals surface area contributed by atoms with Gasteiger partial charge in [-0.2, -0.15) is 0 Å². The van der Waals surface area contributed by atoms with Gasteiger partial charge < -0.3 is 31.6 Å². The van der Waals surface area contributed by atoms with E-state index in [2.05, 4.69) is 22.2 Å². The molecule has 0 unspecified atom stereocenters. The molecule has 4 aromatic rings. The summed E-state index contributed by atoms with van der Waals surface area (Å²) in [6.45, 7) is 3.59. The molecule has 9 heteroatoms. The lowest BCUT2D eigenvalue weighted by atomic mass is 9.95. The largest absolute Gasteiger partial charge is 0.366 e. The van der Waals surface area contributed by atoms with Gasteiger partial charge in [0.15, 0.2) is 0 Å². The van der Waals surface area contributed by atoms with Gasteiger partial charge >= 0.3 is 0 Å². The van der Waals surface area contributed by atoms with Gasteiger partial charge in [0.2, 0.25) is 5.91 Å². The number of nitrogens with zero attached hydrogens (tertiary/aromatic N) is 2. The number of nitrogens with one attached hydrogen (secondary N) is 2. The fraction of sp³-hybridized carbons (Fsp3) is 0.194. The van der Waals surface area contributed by atoms with Crippen LogP contribution in [0.5, 0.6) is 0 Å². The van der Waals surface area contributed by atoms with Gasteiger partial charge in [-0.25, -0.2) is 0 Å². The van der Waals surface area contributed by atoms with Gasteiger partial charge in [0.05, 0.1) is 11.1 Å². The molecule has 40 heavy (non-hydrogen) atoms. The van der Waals surface area contributed by atoms with Crippen molar-refractivity contribution in [2.75, 3.05) is 33.2 Å². The van der Waals surface area contributed by atoms with Crippen molar-refractivity contribution < 1.29 is 14.4 Å². The summed E-state index contributed by atoms with van der Waals surface area (Å²) in [5.74, 6) is -0.461. The average Bonchev–Trinajstić information content (AvgIpc) is 3.41. The second-order valence-corrected chi connectivity index (χ2v) is 9.88. The quantitative estimate of drug-likeness (QED) is 0.311. The first-order valence-electron chi connectivity index (χ1n) is 13.1. The van der Waals surface area contributed by atoms with Gasteiger partial charge in [-0.1, -0.05) is 42.5 Å². The summed E-state index contributed by atoms with van der Waals surface area (Å²) < 4.78 is 0. The fourth-order valence-corrected chi connectivity index (χ4v) is 4.94. The van der Waals surface area contributed by atoms with E-state index in [4.69, 9.17) is 11.5 Å². The van der Waals surface area contributed by atoms with E-state index in [1.807, 2.05) is 65.6 Å². The molecule has 3 aromatic carbocycles. The number of piperazine rings is 1. The van der Waals surface area contributed by atoms with Crippen LogP contribution in [0.1, 0.15) is 26.3 Å². The third-order valence-corrected chi connectivity index (χ3v) is 7.26. The molecule has 1 fully saturated rings. The van der Waals surface area contributed by atoms with Gasteiger partial charge in [-0.3, -0.25) is 14.4 Å². The lowest BCUT2D eigenvalue weighted by molar-refractivity contribution is -0.117. The molecule has 3 amide bonds. The molecule has 0 spiro atoms. The zero-order valence-electron chi connectivity index (χ0n) is 22.3. The number of fused-ring (bicyclic) bond motifs is 1. The molecule has 6 rings (SSSR count). The van der Waals surface area contributed by atoms with Gasteiger partial charge in [0, 0.05) is 61.6 Å². The number of aromatic amines is 1. The molecule has 2 aliphatic rings. The van der Waals surface area contributed by atoms with Gasteiger partial charge in [0.25, 0.3) is 11.8 Å². The van der Waals surface area contributed by atoms with Crippen molar-refractivity contribution in [2.24, 2.45) is 11.5 Å². The SMILES string of the molecule is CN1CCN(C(=O)c2cccc(-c3cc4c(-c5ccccc5CN)ccc(C(N)=O)c4[nH]3)c2)CC1.O=C1C=CN1. The number of rotatable bonds is 5. The molecular formula is C31H32N6O3. The summed E-state index contributed by atoms with van der Waals surface area (Å²) >= 11 is 0. The smallest absolute Gasteiger partial charge is 0.253 e. The summed E-state index contributed by atoms with van der Waals surface area (Å²) in [7, 11) is 2.07. The third kappa shape index (κ3) is 5.51. The summed E-state index contributed by atoms with van der Waals surface area (Å²) in [5.41, 5.74) is 18.1. The van der Waals surface area contributed by atoms with E-state index in [1.54, 1.807) is 12.3 Å². The van der Waals surface area contributed by atoms with Crippen LogP contribution in [0.4, 0.5) is 0 Å². The van der Waals surface area contributed by atoms with Crippen molar-refractivity contribution in [2.45, 2.75) is 6.54 Å². The Labute approximate surface area is 232 Å². The minimum absolute atomic E-state index is 0.00463. The number of primary amides is 1. The Morgan fingerprint density at radius 2 is 1.65 bits per heavy atom. The van der Waals surface area contributed by atoms with Crippen LogP contribution in [0, 0.1) is 0 Å². The molecule has 2 aliphatic heterocycles. The van der Waals surface area contributed by atoms with E-state index >= 15 is 0 Å². The van der Waals surface area contributed by atoms with E-state index in [-0.39, 0.29) is 11.8 Å². The molecule has 6 N–H and O–H groups in total. The van der Waals surface area contributed by atoms with Gasteiger partial charge in [-0.05, 0) is 53.6 Å². The normalized spacial score (nSPS) is 14.8. The van der Waals surface area contributed by atoms with Crippen molar-refractivity contribution in [3.8, 4) is 22.4 Å². The highest BCUT2D eigenvalue weighted by atomic mass is 16.2. The monoisotopic (exact) mass is 536 g/mol. The maximum absolute atomic E-state index is 13.1. The van der Waals surface area contributed by atoms with Crippen molar-refractivity contribution in [1.29, 1.82) is 0 Å². The Kier molecular flexibility index (Phi) is 7.77. The van der Waals surface area contributed by atoms with Crippen LogP contribution in [-0.2, 0) is 11.3 Å². The second-order valence-electron chi connectivity index (χ2n) is 9.88. The Morgan fingerprint density at radius 3 is 2.30 bits per heavy atom. The molecular weight excluding hydrogens is 504 g/mol. The molecule has 0 aliphatic carbocycles. The van der Waals surface area contributed by atoms with Crippen molar-refractivity contribution in [3.05, 3.63) is 95.7 Å². The number of hydrogen-bond acceptors (Lipinski definition) is 5. The maximum Gasteiger partial charge on any atom is 0.253 e. The van der Waals surface area contributed by atoms with E-state index in [9.17, 15) is 14.4 Å². The molecule has 1 saturated heterocycles. The van der Waals surface area contributed by atoms with Crippen LogP contribution in [0.15, 0.2) is 79.0 Å². The summed E-state index contributed by atoms with van der Waals surface area (Å²) in [5, 5.41) is 3.27. The minimum atomic E-state index is -0.499. The lowest BCUT2D eigenvalue weighted by Crippen LogP contribution is -2.47. The lowest BCUT2D eigenvalue weighted by Gasteiger charge is -2.32. The summed E-state index contributed by atoms with van der Waals surface area (Å²) in [6.07, 6.45) is 3.07. The summed E-state index contributed by atoms with van der Waals surface area (Å²) in [4.78, 5) is 42.6. The maximum atomic E-state index is 13.1. The summed E-state index contributed by atoms with van der Waals surface area (Å²) in [6, 6.07) is 21.3. The number of benzene rings is 3. The Morgan fingerprint density at radius 1 is 0.925 bits per heavy atom. The Hall–Kier alpha value is -4.73. The van der Waals surface area contributed by atoms with E-state index in [1.165, 1.54) is 6.08 Å². The molecule has 204 valence electrons. The van der Waals surface area contributed by atoms with Gasteiger partial charge in [0.1, 0.15) is 0 Å². The highest BCUT2D eigenvalue weighted by Gasteiger charge is 2.21. The third-order valence-electron chi connectivity index (χ3n) is 7.26. The van der Waals surface area contributed by atoms with Crippen molar-refractivity contribution in [3.63, 3.8) is 0 Å². The molecule has 0 saturated carbocycles. The highest BCUT2D eigenvalue weighted by molar-refractivity contribution is 6.10. The van der Waals surface area contributed by atoms with Crippen LogP contribution < -0.4 is 16.8 Å². The average molecular weight is 537 g/mol. The molecule has 1 aromatic heterocycles. The molecule has 9 nitrogen and oxygen atoms in total. The van der Waals surface area contributed by atoms with Crippen LogP contribution in [0.3, 0.4) is 0 Å². The zero-order valence-corrected chi connectivity index (χ0v) is 22.3. The number of amides is 3. The molecule has 0 atom stereocenters. The van der Waals surface area contributed by atoms with Gasteiger partial charge in [-0.15, -0.1) is 0 Å². The first-order chi connectivity index (χ1) is 19.4. The van der Waals surface area contributed by atoms with Crippen LogP contribution >= 0.6 is 0 Å². The number of likely N-dealkylation sites (N-methyl/N-ethyl adjacent to an activating group) is 1. The number of carbonyl (C=O) groups excluding carboxylic acids is 3. The van der Waals surface area contributed by atoms with Crippen molar-refractivity contribution in [1.82, 2.24) is 20.1 Å². The standard InChI is InChI=1S/C28H29N5O2.C3H3NO/c1-32-11-13-33(14-12-32)28(35)19-7-4-6-18(15-19)25-16-24-22(21-8-3-2-5-20(21)17-29)9-10-23(27(30)34)26(24)31-25;5-3-1-2-4-3/h2-10,15-16,31H,11-14,17,29H2,1H3,(H2,30,34);1-2H,(H,4,5). The molecule has 3 heterocycles. The van der Waals surface area contributed by atoms with Crippen molar-refractivity contribution >= 4 is 28.6 Å². The van der Waals surface area contributed by atoms with E-state index in [0.29, 0.717) is 23.2 Å². The molecule has 0 radical (unpaired) electrons. The van der Waals surface area contributed by atoms with Crippen LogP contribution in [0.25, 0.3) is 33.3 Å². The predicted molar refractivity (Wildman–Crippen MR) is 156 cm³/mol. The Balaban J connectivity index is 0.000000582. The number of aromatic nitrogens is 1. The second kappa shape index (κ2) is 11.6. The first kappa shape index (κ1) is 26.9. The first-order valence-corrected chi connectivity index (χ1v) is 13.1. The van der Waals surface area contributed by atoms with Crippen LogP contribution in [0.2, 0.25) is 0 Å². The minimum Gasteiger partial charge on any atom is -0.366 e. The number of hydrogen-bond donors (Lipinski definition) is 4. The topological polar surface area (TPSA) is 138 Å². The number of H-pyrrole nitrogens is 1. The predicted octanol–water partition coefficient (Wildman–Crippen LogP) is 3.08. The van der Waals surface area contributed by atoms with E-state index < -0.39 is 5.91 Å². The molecule has 0 bridgehead atoms. The highest BCUT2D eigenvalue weighted by Crippen LogP contribution is 2.36. The van der Waals surface area contributed by atoms with Crippen LogP contribution in [-0.4, -0.2) is 65.7 Å². The van der Waals surface area contributed by atoms with E-state index in [0.717, 1.165) is 59.5 Å².